The molecule has 23 heavy (non-hydrogen) atoms. The lowest BCUT2D eigenvalue weighted by Gasteiger charge is -2.28. The Labute approximate surface area is 144 Å². The highest BCUT2D eigenvalue weighted by molar-refractivity contribution is 6.61. The summed E-state index contributed by atoms with van der Waals surface area (Å²) >= 11 is 0. The largest absolute Gasteiger partial charge is 0.500 e. The summed E-state index contributed by atoms with van der Waals surface area (Å²) in [6, 6.07) is 1.73. The van der Waals surface area contributed by atoms with Gasteiger partial charge in [-0.25, -0.2) is 0 Å². The average molecular weight is 369 g/mol. The van der Waals surface area contributed by atoms with E-state index in [9.17, 15) is 0 Å². The lowest BCUT2D eigenvalue weighted by atomic mass is 10.2. The topological polar surface area (TPSA) is 55.4 Å². The van der Waals surface area contributed by atoms with Gasteiger partial charge in [0.25, 0.3) is 0 Å². The van der Waals surface area contributed by atoms with Gasteiger partial charge in [-0.1, -0.05) is 12.8 Å². The normalized spacial score (nSPS) is 12.8. The molecule has 0 aliphatic heterocycles. The number of rotatable bonds is 16. The standard InChI is InChI=1S/C15H36O6Si2/c1-7-19-23(20-8-2,21-9-3)15-13-11-10-12-14-22(16-4,17-5)18-6/h7-15H2,1-6H3. The fraction of sp³-hybridized carbons (Fsp3) is 1.00. The molecule has 0 aromatic heterocycles. The molecule has 0 unspecified atom stereocenters. The minimum Gasteiger partial charge on any atom is -0.377 e. The molecule has 0 atom stereocenters. The van der Waals surface area contributed by atoms with Crippen molar-refractivity contribution < 1.29 is 26.6 Å². The van der Waals surface area contributed by atoms with Gasteiger partial charge in [0.2, 0.25) is 0 Å². The van der Waals surface area contributed by atoms with Crippen LogP contribution >= 0.6 is 0 Å². The van der Waals surface area contributed by atoms with Crippen LogP contribution in [0.5, 0.6) is 0 Å². The van der Waals surface area contributed by atoms with Gasteiger partial charge in [-0.2, -0.15) is 0 Å². The molecule has 0 heterocycles. The quantitative estimate of drug-likeness (QED) is 0.307. The first-order valence-corrected chi connectivity index (χ1v) is 12.5. The van der Waals surface area contributed by atoms with E-state index in [1.54, 1.807) is 21.3 Å². The molecule has 0 aromatic carbocycles. The van der Waals surface area contributed by atoms with Crippen molar-refractivity contribution >= 4 is 17.6 Å². The van der Waals surface area contributed by atoms with Crippen molar-refractivity contribution in [3.63, 3.8) is 0 Å². The Bertz CT molecular complexity index is 251. The summed E-state index contributed by atoms with van der Waals surface area (Å²) < 4.78 is 33.9. The second-order valence-corrected chi connectivity index (χ2v) is 11.0. The van der Waals surface area contributed by atoms with Gasteiger partial charge in [0, 0.05) is 53.2 Å². The van der Waals surface area contributed by atoms with E-state index in [-0.39, 0.29) is 0 Å². The third-order valence-electron chi connectivity index (χ3n) is 3.74. The zero-order valence-corrected chi connectivity index (χ0v) is 17.8. The van der Waals surface area contributed by atoms with Gasteiger partial charge in [-0.15, -0.1) is 0 Å². The van der Waals surface area contributed by atoms with Gasteiger partial charge in [0.15, 0.2) is 0 Å². The molecule has 0 aliphatic rings. The molecule has 0 fully saturated rings. The molecule has 0 aliphatic carbocycles. The maximum Gasteiger partial charge on any atom is 0.500 e. The first kappa shape index (κ1) is 23.2. The molecule has 0 spiro atoms. The molecule has 0 saturated heterocycles. The van der Waals surface area contributed by atoms with Gasteiger partial charge in [-0.05, 0) is 33.6 Å². The van der Waals surface area contributed by atoms with E-state index in [0.29, 0.717) is 19.8 Å². The van der Waals surface area contributed by atoms with Crippen LogP contribution in [-0.4, -0.2) is 58.8 Å². The molecule has 0 N–H and O–H groups in total. The van der Waals surface area contributed by atoms with Gasteiger partial charge in [0.05, 0.1) is 0 Å². The van der Waals surface area contributed by atoms with Crippen molar-refractivity contribution in [1.29, 1.82) is 0 Å². The lowest BCUT2D eigenvalue weighted by molar-refractivity contribution is 0.0706. The zero-order chi connectivity index (χ0) is 17.6. The Morgan fingerprint density at radius 1 is 0.522 bits per heavy atom. The first-order chi connectivity index (χ1) is 11.1. The molecule has 0 aromatic rings. The number of hydrogen-bond donors (Lipinski definition) is 0. The predicted molar refractivity (Wildman–Crippen MR) is 95.5 cm³/mol. The first-order valence-electron chi connectivity index (χ1n) is 8.64. The van der Waals surface area contributed by atoms with Crippen molar-refractivity contribution in [3.8, 4) is 0 Å². The Kier molecular flexibility index (Phi) is 13.6. The fourth-order valence-corrected chi connectivity index (χ4v) is 7.07. The molecular formula is C15H36O6Si2. The summed E-state index contributed by atoms with van der Waals surface area (Å²) in [5, 5.41) is 0. The Hall–Kier alpha value is 0.194. The van der Waals surface area contributed by atoms with Gasteiger partial charge >= 0.3 is 17.6 Å². The minimum atomic E-state index is -2.48. The van der Waals surface area contributed by atoms with Crippen LogP contribution in [0.3, 0.4) is 0 Å². The second kappa shape index (κ2) is 13.5. The lowest BCUT2D eigenvalue weighted by Crippen LogP contribution is -2.45. The summed E-state index contributed by atoms with van der Waals surface area (Å²) in [4.78, 5) is 0. The van der Waals surface area contributed by atoms with E-state index in [1.165, 1.54) is 0 Å². The molecule has 0 amide bonds. The SMILES string of the molecule is CCO[Si](CCCCCC[Si](OC)(OC)OC)(OCC)OCC. The second-order valence-electron chi connectivity index (χ2n) is 5.19. The smallest absolute Gasteiger partial charge is 0.377 e. The summed E-state index contributed by atoms with van der Waals surface area (Å²) in [6.07, 6.45) is 4.31. The number of hydrogen-bond acceptors (Lipinski definition) is 6. The van der Waals surface area contributed by atoms with E-state index in [2.05, 4.69) is 0 Å². The van der Waals surface area contributed by atoms with Crippen LogP contribution in [0.25, 0.3) is 0 Å². The van der Waals surface area contributed by atoms with Crippen LogP contribution in [0.1, 0.15) is 46.5 Å². The summed E-state index contributed by atoms with van der Waals surface area (Å²) in [6.45, 7) is 7.88. The summed E-state index contributed by atoms with van der Waals surface area (Å²) in [5.74, 6) is 0. The van der Waals surface area contributed by atoms with Crippen molar-refractivity contribution in [2.45, 2.75) is 58.5 Å². The highest BCUT2D eigenvalue weighted by Crippen LogP contribution is 2.22. The fourth-order valence-electron chi connectivity index (χ4n) is 2.59. The van der Waals surface area contributed by atoms with Crippen LogP contribution in [0.15, 0.2) is 0 Å². The van der Waals surface area contributed by atoms with Crippen LogP contribution in [0, 0.1) is 0 Å². The predicted octanol–water partition coefficient (Wildman–Crippen LogP) is 3.47. The molecule has 0 bridgehead atoms. The third-order valence-corrected chi connectivity index (χ3v) is 9.73. The van der Waals surface area contributed by atoms with E-state index in [0.717, 1.165) is 37.8 Å². The van der Waals surface area contributed by atoms with Crippen LogP contribution in [0.4, 0.5) is 0 Å². The van der Waals surface area contributed by atoms with Crippen molar-refractivity contribution in [3.05, 3.63) is 0 Å². The van der Waals surface area contributed by atoms with Gasteiger partial charge < -0.3 is 26.6 Å². The molecule has 8 heteroatoms. The molecule has 140 valence electrons. The Balaban J connectivity index is 4.15. The van der Waals surface area contributed by atoms with Crippen molar-refractivity contribution in [2.75, 3.05) is 41.2 Å². The maximum absolute atomic E-state index is 5.86. The van der Waals surface area contributed by atoms with Gasteiger partial charge in [-0.3, -0.25) is 0 Å². The average Bonchev–Trinajstić information content (AvgIpc) is 2.56. The Morgan fingerprint density at radius 2 is 0.870 bits per heavy atom. The van der Waals surface area contributed by atoms with Crippen molar-refractivity contribution in [2.24, 2.45) is 0 Å². The zero-order valence-electron chi connectivity index (χ0n) is 15.8. The molecular weight excluding hydrogens is 332 g/mol. The minimum absolute atomic E-state index is 0.635. The van der Waals surface area contributed by atoms with Crippen molar-refractivity contribution in [1.82, 2.24) is 0 Å². The van der Waals surface area contributed by atoms with E-state index in [4.69, 9.17) is 26.6 Å². The maximum atomic E-state index is 5.86. The molecule has 0 rings (SSSR count). The van der Waals surface area contributed by atoms with Crippen LogP contribution < -0.4 is 0 Å². The van der Waals surface area contributed by atoms with E-state index >= 15 is 0 Å². The highest BCUT2D eigenvalue weighted by atomic mass is 28.4. The monoisotopic (exact) mass is 368 g/mol. The molecule has 0 radical (unpaired) electrons. The molecule has 0 saturated carbocycles. The van der Waals surface area contributed by atoms with Gasteiger partial charge in [0.1, 0.15) is 0 Å². The number of unbranched alkanes of at least 4 members (excludes halogenated alkanes) is 3. The highest BCUT2D eigenvalue weighted by Gasteiger charge is 2.40. The third kappa shape index (κ3) is 8.73. The Morgan fingerprint density at radius 3 is 1.17 bits per heavy atom. The van der Waals surface area contributed by atoms with Crippen LogP contribution in [-0.2, 0) is 26.6 Å². The summed E-state index contributed by atoms with van der Waals surface area (Å²) in [5.41, 5.74) is 0. The van der Waals surface area contributed by atoms with Crippen LogP contribution in [0.2, 0.25) is 12.1 Å². The molecule has 6 nitrogen and oxygen atoms in total. The van der Waals surface area contributed by atoms with E-state index < -0.39 is 17.6 Å². The summed E-state index contributed by atoms with van der Waals surface area (Å²) in [7, 11) is 0.0785. The van der Waals surface area contributed by atoms with E-state index in [1.807, 2.05) is 20.8 Å².